The maximum Gasteiger partial charge on any atom is 0.179 e. The minimum absolute atomic E-state index is 0.143. The molecule has 0 spiro atoms. The third-order valence-electron chi connectivity index (χ3n) is 3.05. The lowest BCUT2D eigenvalue weighted by molar-refractivity contribution is 0.295. The molecule has 0 aromatic heterocycles. The van der Waals surface area contributed by atoms with E-state index in [1.54, 1.807) is 18.9 Å². The molecule has 2 N–H and O–H groups in total. The van der Waals surface area contributed by atoms with Crippen LogP contribution in [0.15, 0.2) is 12.1 Å². The van der Waals surface area contributed by atoms with Crippen LogP contribution in [0.1, 0.15) is 25.3 Å². The molecule has 0 amide bonds. The van der Waals surface area contributed by atoms with Crippen molar-refractivity contribution in [3.05, 3.63) is 22.7 Å². The van der Waals surface area contributed by atoms with Crippen molar-refractivity contribution in [2.24, 2.45) is 5.73 Å². The molecule has 1 aromatic carbocycles. The molecule has 1 aromatic rings. The number of benzene rings is 1. The number of nitrogens with two attached hydrogens (primary N) is 1. The predicted octanol–water partition coefficient (Wildman–Crippen LogP) is 3.76. The van der Waals surface area contributed by atoms with Gasteiger partial charge in [-0.3, -0.25) is 0 Å². The summed E-state index contributed by atoms with van der Waals surface area (Å²) in [5, 5.41) is 0.590. The van der Waals surface area contributed by atoms with E-state index in [1.807, 2.05) is 12.1 Å². The van der Waals surface area contributed by atoms with Crippen LogP contribution in [0.25, 0.3) is 0 Å². The molecule has 0 aliphatic rings. The van der Waals surface area contributed by atoms with Gasteiger partial charge in [-0.25, -0.2) is 0 Å². The molecule has 0 fully saturated rings. The zero-order valence-corrected chi connectivity index (χ0v) is 14.0. The summed E-state index contributed by atoms with van der Waals surface area (Å²) in [5.74, 6) is 2.38. The van der Waals surface area contributed by atoms with Crippen LogP contribution < -0.4 is 15.2 Å². The fraction of sp³-hybridized carbons (Fsp3) is 0.600. The summed E-state index contributed by atoms with van der Waals surface area (Å²) < 4.78 is 11.1. The molecule has 0 aliphatic carbocycles. The fourth-order valence-electron chi connectivity index (χ4n) is 1.86. The lowest BCUT2D eigenvalue weighted by Gasteiger charge is -2.15. The molecule has 0 heterocycles. The summed E-state index contributed by atoms with van der Waals surface area (Å²) in [6.07, 6.45) is 4.80. The molecule has 5 heteroatoms. The van der Waals surface area contributed by atoms with Crippen LogP contribution in [0.2, 0.25) is 5.02 Å². The summed E-state index contributed by atoms with van der Waals surface area (Å²) in [7, 11) is 1.63. The minimum atomic E-state index is 0.143. The van der Waals surface area contributed by atoms with Crippen LogP contribution in [0.3, 0.4) is 0 Å². The Balaban J connectivity index is 2.79. The highest BCUT2D eigenvalue weighted by Gasteiger charge is 2.13. The van der Waals surface area contributed by atoms with Crippen LogP contribution in [0.4, 0.5) is 0 Å². The second kappa shape index (κ2) is 9.37. The largest absolute Gasteiger partial charge is 0.493 e. The maximum atomic E-state index is 6.30. The van der Waals surface area contributed by atoms with Crippen molar-refractivity contribution >= 4 is 23.4 Å². The molecule has 0 saturated heterocycles. The highest BCUT2D eigenvalue weighted by atomic mass is 35.5. The van der Waals surface area contributed by atoms with Gasteiger partial charge in [0.05, 0.1) is 18.7 Å². The zero-order chi connectivity index (χ0) is 15.0. The van der Waals surface area contributed by atoms with E-state index in [1.165, 1.54) is 0 Å². The second-order valence-corrected chi connectivity index (χ2v) is 6.07. The third-order valence-corrected chi connectivity index (χ3v) is 4.03. The lowest BCUT2D eigenvalue weighted by Crippen LogP contribution is -2.21. The van der Waals surface area contributed by atoms with Crippen LogP contribution in [-0.4, -0.2) is 31.8 Å². The molecule has 3 nitrogen and oxygen atoms in total. The quantitative estimate of drug-likeness (QED) is 0.704. The average molecular weight is 318 g/mol. The Labute approximate surface area is 131 Å². The van der Waals surface area contributed by atoms with E-state index in [9.17, 15) is 0 Å². The van der Waals surface area contributed by atoms with Crippen molar-refractivity contribution in [1.82, 2.24) is 0 Å². The maximum absolute atomic E-state index is 6.30. The molecule has 0 bridgehead atoms. The van der Waals surface area contributed by atoms with Crippen molar-refractivity contribution in [3.8, 4) is 11.5 Å². The summed E-state index contributed by atoms with van der Waals surface area (Å²) in [6.45, 7) is 2.72. The summed E-state index contributed by atoms with van der Waals surface area (Å²) in [5.41, 5.74) is 7.06. The van der Waals surface area contributed by atoms with Gasteiger partial charge in [0.15, 0.2) is 11.5 Å². The number of thioether (sulfide) groups is 1. The second-order valence-electron chi connectivity index (χ2n) is 4.68. The highest BCUT2D eigenvalue weighted by Crippen LogP contribution is 2.36. The smallest absolute Gasteiger partial charge is 0.179 e. The number of ether oxygens (including phenoxy) is 2. The number of rotatable bonds is 9. The van der Waals surface area contributed by atoms with Crippen LogP contribution in [-0.2, 0) is 6.42 Å². The molecule has 0 aliphatic heterocycles. The first kappa shape index (κ1) is 17.5. The Morgan fingerprint density at radius 2 is 2.15 bits per heavy atom. The Bertz CT molecular complexity index is 415. The Morgan fingerprint density at radius 1 is 1.40 bits per heavy atom. The third kappa shape index (κ3) is 5.43. The van der Waals surface area contributed by atoms with Gasteiger partial charge < -0.3 is 15.2 Å². The van der Waals surface area contributed by atoms with E-state index in [4.69, 9.17) is 26.8 Å². The van der Waals surface area contributed by atoms with E-state index in [0.717, 1.165) is 30.6 Å². The Hall–Kier alpha value is -0.580. The SMILES string of the molecule is CCC(N)Cc1cc(Cl)c(OCCCSC)c(OC)c1. The topological polar surface area (TPSA) is 44.5 Å². The van der Waals surface area contributed by atoms with Crippen molar-refractivity contribution in [2.75, 3.05) is 25.7 Å². The molecular formula is C15H24ClNO2S. The predicted molar refractivity (Wildman–Crippen MR) is 88.5 cm³/mol. The Morgan fingerprint density at radius 3 is 2.75 bits per heavy atom. The molecule has 0 saturated carbocycles. The van der Waals surface area contributed by atoms with Gasteiger partial charge in [-0.05, 0) is 49.0 Å². The van der Waals surface area contributed by atoms with E-state index in [0.29, 0.717) is 23.1 Å². The highest BCUT2D eigenvalue weighted by molar-refractivity contribution is 7.98. The standard InChI is InChI=1S/C15H24ClNO2S/c1-4-12(17)8-11-9-13(16)15(14(10-11)18-2)19-6-5-7-20-3/h9-10,12H,4-8,17H2,1-3H3. The molecule has 1 rings (SSSR count). The van der Waals surface area contributed by atoms with E-state index < -0.39 is 0 Å². The van der Waals surface area contributed by atoms with Crippen LogP contribution in [0, 0.1) is 0 Å². The van der Waals surface area contributed by atoms with Gasteiger partial charge in [0.2, 0.25) is 0 Å². The molecule has 1 atom stereocenters. The normalized spacial score (nSPS) is 12.2. The summed E-state index contributed by atoms with van der Waals surface area (Å²) >= 11 is 8.11. The first-order valence-corrected chi connectivity index (χ1v) is 8.63. The van der Waals surface area contributed by atoms with Crippen molar-refractivity contribution in [2.45, 2.75) is 32.2 Å². The van der Waals surface area contributed by atoms with Gasteiger partial charge >= 0.3 is 0 Å². The molecule has 1 unspecified atom stereocenters. The first-order chi connectivity index (χ1) is 9.62. The van der Waals surface area contributed by atoms with E-state index in [2.05, 4.69) is 13.2 Å². The van der Waals surface area contributed by atoms with Gasteiger partial charge in [-0.15, -0.1) is 0 Å². The van der Waals surface area contributed by atoms with Gasteiger partial charge in [-0.1, -0.05) is 18.5 Å². The van der Waals surface area contributed by atoms with Gasteiger partial charge in [-0.2, -0.15) is 11.8 Å². The molecule has 114 valence electrons. The van der Waals surface area contributed by atoms with Gasteiger partial charge in [0.1, 0.15) is 0 Å². The van der Waals surface area contributed by atoms with E-state index in [-0.39, 0.29) is 6.04 Å². The summed E-state index contributed by atoms with van der Waals surface area (Å²) in [4.78, 5) is 0. The summed E-state index contributed by atoms with van der Waals surface area (Å²) in [6, 6.07) is 4.03. The van der Waals surface area contributed by atoms with Gasteiger partial charge in [0, 0.05) is 6.04 Å². The van der Waals surface area contributed by atoms with Crippen molar-refractivity contribution in [3.63, 3.8) is 0 Å². The number of methoxy groups -OCH3 is 1. The van der Waals surface area contributed by atoms with Crippen molar-refractivity contribution in [1.29, 1.82) is 0 Å². The lowest BCUT2D eigenvalue weighted by atomic mass is 10.0. The first-order valence-electron chi connectivity index (χ1n) is 6.86. The van der Waals surface area contributed by atoms with Crippen LogP contribution >= 0.6 is 23.4 Å². The monoisotopic (exact) mass is 317 g/mol. The van der Waals surface area contributed by atoms with E-state index >= 15 is 0 Å². The number of hydrogen-bond acceptors (Lipinski definition) is 4. The Kier molecular flexibility index (Phi) is 8.19. The molecule has 20 heavy (non-hydrogen) atoms. The number of hydrogen-bond donors (Lipinski definition) is 1. The molecular weight excluding hydrogens is 294 g/mol. The van der Waals surface area contributed by atoms with Gasteiger partial charge in [0.25, 0.3) is 0 Å². The van der Waals surface area contributed by atoms with Crippen molar-refractivity contribution < 1.29 is 9.47 Å². The molecule has 0 radical (unpaired) electrons. The zero-order valence-electron chi connectivity index (χ0n) is 12.4. The average Bonchev–Trinajstić information content (AvgIpc) is 2.44. The minimum Gasteiger partial charge on any atom is -0.493 e. The van der Waals surface area contributed by atoms with Crippen LogP contribution in [0.5, 0.6) is 11.5 Å². The fourth-order valence-corrected chi connectivity index (χ4v) is 2.55. The number of halogens is 1.